The summed E-state index contributed by atoms with van der Waals surface area (Å²) >= 11 is 0. The van der Waals surface area contributed by atoms with Crippen LogP contribution in [0.25, 0.3) is 0 Å². The second kappa shape index (κ2) is 73.8. The molecular weight excluding hydrogens is 1140 g/mol. The van der Waals surface area contributed by atoms with Crippen LogP contribution in [0.4, 0.5) is 11.4 Å². The van der Waals surface area contributed by atoms with Crippen LogP contribution in [0.2, 0.25) is 0 Å². The molecule has 0 saturated carbocycles. The topological polar surface area (TPSA) is 24.7 Å². The maximum Gasteiger partial charge on any atom is 0.0816 e. The van der Waals surface area contributed by atoms with Gasteiger partial charge in [0, 0.05) is 16.5 Å². The van der Waals surface area contributed by atoms with E-state index in [2.05, 4.69) is 81.5 Å². The fraction of sp³-hybridized carbons (Fsp3) is 0.818. The second-order valence-electron chi connectivity index (χ2n) is 29.1. The van der Waals surface area contributed by atoms with Crippen LogP contribution in [-0.4, -0.2) is 11.9 Å². The number of allylic oxidation sites excluding steroid dienone is 2. The first-order valence-electron chi connectivity index (χ1n) is 41.7. The van der Waals surface area contributed by atoms with Crippen molar-refractivity contribution in [1.29, 1.82) is 0 Å². The van der Waals surface area contributed by atoms with Crippen molar-refractivity contribution < 1.29 is 16.5 Å². The van der Waals surface area contributed by atoms with E-state index in [9.17, 15) is 0 Å². The Hall–Kier alpha value is -1.99. The van der Waals surface area contributed by atoms with Crippen molar-refractivity contribution in [3.63, 3.8) is 0 Å². The van der Waals surface area contributed by atoms with Gasteiger partial charge in [-0.05, 0) is 80.0 Å². The second-order valence-corrected chi connectivity index (χ2v) is 29.1. The van der Waals surface area contributed by atoms with E-state index in [1.807, 2.05) is 6.21 Å². The van der Waals surface area contributed by atoms with E-state index in [0.29, 0.717) is 0 Å². The molecule has 530 valence electrons. The first-order valence-corrected chi connectivity index (χ1v) is 41.7. The van der Waals surface area contributed by atoms with Gasteiger partial charge in [0.1, 0.15) is 0 Å². The summed E-state index contributed by atoms with van der Waals surface area (Å²) in [6, 6.07) is 18.1. The van der Waals surface area contributed by atoms with Gasteiger partial charge >= 0.3 is 0 Å². The minimum absolute atomic E-state index is 0. The quantitative estimate of drug-likeness (QED) is 0.0358. The Morgan fingerprint density at radius 1 is 0.242 bits per heavy atom. The largest absolute Gasteiger partial charge is 0.255 e. The number of hydrogen-bond donors (Lipinski definition) is 0. The molecule has 3 heteroatoms. The molecule has 0 amide bonds. The standard InChI is InChI=1S/C88H158N2.Ni/c1-4-7-10-13-16-19-22-25-28-31-34-36-38-40-42-44-46-48-51-54-57-60-63-66-69-72-84-75-79-86(80-76-84)89-83-88(74-71-68-65-62-59-56-53-50-33-30-27-24-21-18-15-12-9-6-3)90-87-81-77-85(78-82-87)73-70-67-64-61-58-55-52-49-47-45-43-41-39-37-35-32-29-26-23-20-17-14-11-8-5-2;/h71,74-83H,4-70,72-73H2,1-3H3;. The molecule has 0 aliphatic carbocycles. The third-order valence-corrected chi connectivity index (χ3v) is 20.1. The first kappa shape index (κ1) is 87.0. The molecule has 0 saturated heterocycles. The van der Waals surface area contributed by atoms with Gasteiger partial charge in [-0.2, -0.15) is 0 Å². The molecule has 0 atom stereocenters. The third kappa shape index (κ3) is 63.8. The zero-order valence-corrected chi connectivity index (χ0v) is 62.8. The van der Waals surface area contributed by atoms with Crippen LogP contribution in [0.1, 0.15) is 462 Å². The molecule has 0 spiro atoms. The van der Waals surface area contributed by atoms with Gasteiger partial charge in [0.15, 0.2) is 0 Å². The number of hydrogen-bond acceptors (Lipinski definition) is 2. The van der Waals surface area contributed by atoms with Gasteiger partial charge in [0.2, 0.25) is 0 Å². The predicted octanol–water partition coefficient (Wildman–Crippen LogP) is 32.0. The van der Waals surface area contributed by atoms with Crippen LogP contribution in [0.3, 0.4) is 0 Å². The number of aliphatic imine (C=N–C) groups is 2. The van der Waals surface area contributed by atoms with Crippen LogP contribution in [0.15, 0.2) is 70.7 Å². The van der Waals surface area contributed by atoms with Gasteiger partial charge in [0.05, 0.1) is 23.3 Å². The summed E-state index contributed by atoms with van der Waals surface area (Å²) in [4.78, 5) is 10.1. The van der Waals surface area contributed by atoms with Crippen LogP contribution >= 0.6 is 0 Å². The maximum absolute atomic E-state index is 5.15. The fourth-order valence-electron chi connectivity index (χ4n) is 13.8. The SMILES string of the molecule is CCCCCCCCCCCCCCCCCCC=CC(C=Nc1ccc(CCCCCCCCCCCCCCCCCCCCCCCCCCC)cc1)=Nc1ccc(CCCCCCCCCCCCCCCCCCCCCCCCCCC)cc1.[Ni]. The fourth-order valence-corrected chi connectivity index (χ4v) is 13.8. The van der Waals surface area contributed by atoms with Gasteiger partial charge in [-0.1, -0.05) is 456 Å². The zero-order valence-electron chi connectivity index (χ0n) is 61.9. The Morgan fingerprint density at radius 2 is 0.440 bits per heavy atom. The van der Waals surface area contributed by atoms with Gasteiger partial charge in [-0.15, -0.1) is 0 Å². The zero-order chi connectivity index (χ0) is 63.9. The molecule has 0 aliphatic rings. The Labute approximate surface area is 581 Å². The van der Waals surface area contributed by atoms with Gasteiger partial charge in [0.25, 0.3) is 0 Å². The molecule has 0 unspecified atom stereocenters. The van der Waals surface area contributed by atoms with E-state index in [0.717, 1.165) is 23.5 Å². The summed E-state index contributed by atoms with van der Waals surface area (Å²) in [5.41, 5.74) is 5.87. The molecule has 2 aromatic carbocycles. The van der Waals surface area contributed by atoms with Crippen molar-refractivity contribution in [2.75, 3.05) is 0 Å². The van der Waals surface area contributed by atoms with Gasteiger partial charge in [-0.25, -0.2) is 4.99 Å². The maximum atomic E-state index is 5.15. The minimum Gasteiger partial charge on any atom is -0.255 e. The smallest absolute Gasteiger partial charge is 0.0816 e. The van der Waals surface area contributed by atoms with E-state index >= 15 is 0 Å². The molecule has 0 aromatic heterocycles. The van der Waals surface area contributed by atoms with Gasteiger partial charge in [-0.3, -0.25) is 4.99 Å². The predicted molar refractivity (Wildman–Crippen MR) is 411 cm³/mol. The molecule has 0 fully saturated rings. The number of rotatable bonds is 73. The summed E-state index contributed by atoms with van der Waals surface area (Å²) in [6.45, 7) is 6.94. The molecule has 91 heavy (non-hydrogen) atoms. The number of aryl methyl sites for hydroxylation is 2. The Bertz CT molecular complexity index is 1780. The van der Waals surface area contributed by atoms with Crippen LogP contribution in [0.5, 0.6) is 0 Å². The van der Waals surface area contributed by atoms with Crippen molar-refractivity contribution in [3.8, 4) is 0 Å². The van der Waals surface area contributed by atoms with Crippen LogP contribution in [0, 0.1) is 0 Å². The first-order chi connectivity index (χ1) is 44.7. The molecule has 0 N–H and O–H groups in total. The van der Waals surface area contributed by atoms with Gasteiger partial charge < -0.3 is 0 Å². The van der Waals surface area contributed by atoms with Crippen molar-refractivity contribution >= 4 is 23.3 Å². The van der Waals surface area contributed by atoms with Crippen molar-refractivity contribution in [1.82, 2.24) is 0 Å². The summed E-state index contributed by atoms with van der Waals surface area (Å²) in [6.07, 6.45) is 105. The Kier molecular flexibility index (Phi) is 70.6. The normalized spacial score (nSPS) is 12.0. The van der Waals surface area contributed by atoms with E-state index < -0.39 is 0 Å². The number of unbranched alkanes of at least 4 members (excludes halogenated alkanes) is 64. The Balaban J connectivity index is 0.0000414. The average Bonchev–Trinajstić information content (AvgIpc) is 3.00. The van der Waals surface area contributed by atoms with E-state index in [4.69, 9.17) is 9.98 Å². The minimum atomic E-state index is 0. The van der Waals surface area contributed by atoms with E-state index in [-0.39, 0.29) is 16.5 Å². The third-order valence-electron chi connectivity index (χ3n) is 20.1. The molecule has 2 nitrogen and oxygen atoms in total. The van der Waals surface area contributed by atoms with E-state index in [1.165, 1.54) is 448 Å². The van der Waals surface area contributed by atoms with Crippen molar-refractivity contribution in [2.24, 2.45) is 9.98 Å². The summed E-state index contributed by atoms with van der Waals surface area (Å²) < 4.78 is 0. The Morgan fingerprint density at radius 3 is 0.670 bits per heavy atom. The molecule has 0 bridgehead atoms. The summed E-state index contributed by atoms with van der Waals surface area (Å²) in [7, 11) is 0. The number of nitrogens with zero attached hydrogens (tertiary/aromatic N) is 2. The van der Waals surface area contributed by atoms with Crippen molar-refractivity contribution in [2.45, 2.75) is 464 Å². The molecule has 0 heterocycles. The molecule has 0 radical (unpaired) electrons. The van der Waals surface area contributed by atoms with Crippen LogP contribution in [-0.2, 0) is 29.3 Å². The molecule has 2 aromatic rings. The number of benzene rings is 2. The summed E-state index contributed by atoms with van der Waals surface area (Å²) in [5.74, 6) is 0. The average molecular weight is 1300 g/mol. The summed E-state index contributed by atoms with van der Waals surface area (Å²) in [5, 5.41) is 0. The molecular formula is C88H158N2Ni. The van der Waals surface area contributed by atoms with Crippen LogP contribution < -0.4 is 0 Å². The monoisotopic (exact) mass is 1300 g/mol. The van der Waals surface area contributed by atoms with Crippen molar-refractivity contribution in [3.05, 3.63) is 71.8 Å². The molecule has 0 aliphatic heterocycles. The van der Waals surface area contributed by atoms with E-state index in [1.54, 1.807) is 0 Å². The molecule has 2 rings (SSSR count).